The lowest BCUT2D eigenvalue weighted by Gasteiger charge is -2.26. The summed E-state index contributed by atoms with van der Waals surface area (Å²) in [4.78, 5) is 0. The fourth-order valence-corrected chi connectivity index (χ4v) is 2.33. The first kappa shape index (κ1) is 13.3. The third kappa shape index (κ3) is 3.24. The number of hydrogen-bond acceptors (Lipinski definition) is 3. The molecule has 1 heterocycles. The molecule has 0 aromatic heterocycles. The fourth-order valence-electron chi connectivity index (χ4n) is 2.16. The summed E-state index contributed by atoms with van der Waals surface area (Å²) >= 11 is 5.96. The fraction of sp³-hybridized carbons (Fsp3) is 0.250. The number of benzene rings is 2. The Bertz CT molecular complexity index is 574. The van der Waals surface area contributed by atoms with Crippen molar-refractivity contribution in [2.45, 2.75) is 12.6 Å². The van der Waals surface area contributed by atoms with Gasteiger partial charge in [-0.2, -0.15) is 0 Å². The molecule has 1 aliphatic rings. The minimum Gasteiger partial charge on any atom is -0.486 e. The second-order valence-corrected chi connectivity index (χ2v) is 5.19. The van der Waals surface area contributed by atoms with Gasteiger partial charge in [-0.15, -0.1) is 0 Å². The molecule has 0 saturated carbocycles. The number of hydrogen-bond donors (Lipinski definition) is 1. The highest BCUT2D eigenvalue weighted by Gasteiger charge is 2.20. The Balaban J connectivity index is 1.53. The molecule has 0 bridgehead atoms. The molecular weight excluding hydrogens is 274 g/mol. The number of fused-ring (bicyclic) bond motifs is 1. The maximum Gasteiger partial charge on any atom is 0.163 e. The van der Waals surface area contributed by atoms with Crippen molar-refractivity contribution >= 4 is 11.6 Å². The summed E-state index contributed by atoms with van der Waals surface area (Å²) in [5.41, 5.74) is 1.26. The molecule has 0 spiro atoms. The van der Waals surface area contributed by atoms with E-state index in [4.69, 9.17) is 21.1 Å². The molecule has 20 heavy (non-hydrogen) atoms. The summed E-state index contributed by atoms with van der Waals surface area (Å²) in [5.74, 6) is 1.48. The molecule has 2 aromatic rings. The van der Waals surface area contributed by atoms with Crippen molar-refractivity contribution in [1.82, 2.24) is 5.32 Å². The summed E-state index contributed by atoms with van der Waals surface area (Å²) in [7, 11) is 0. The van der Waals surface area contributed by atoms with Crippen LogP contribution in [0.15, 0.2) is 48.5 Å². The lowest BCUT2D eigenvalue weighted by atomic mass is 10.2. The van der Waals surface area contributed by atoms with Crippen molar-refractivity contribution < 1.29 is 9.47 Å². The van der Waals surface area contributed by atoms with E-state index in [9.17, 15) is 0 Å². The molecule has 1 aliphatic heterocycles. The summed E-state index contributed by atoms with van der Waals surface area (Å²) in [5, 5.41) is 4.04. The van der Waals surface area contributed by atoms with Crippen molar-refractivity contribution in [2.75, 3.05) is 13.2 Å². The lowest BCUT2D eigenvalue weighted by molar-refractivity contribution is 0.0902. The van der Waals surface area contributed by atoms with Gasteiger partial charge in [-0.3, -0.25) is 0 Å². The van der Waals surface area contributed by atoms with E-state index in [1.165, 1.54) is 5.56 Å². The van der Waals surface area contributed by atoms with Gasteiger partial charge >= 0.3 is 0 Å². The molecule has 0 fully saturated rings. The van der Waals surface area contributed by atoms with E-state index in [0.29, 0.717) is 11.6 Å². The van der Waals surface area contributed by atoms with Gasteiger partial charge in [0.25, 0.3) is 0 Å². The maximum absolute atomic E-state index is 5.96. The highest BCUT2D eigenvalue weighted by Crippen LogP contribution is 2.33. The average Bonchev–Trinajstić information content (AvgIpc) is 2.48. The topological polar surface area (TPSA) is 30.5 Å². The Kier molecular flexibility index (Phi) is 4.09. The molecule has 104 valence electrons. The Morgan fingerprint density at radius 2 is 1.95 bits per heavy atom. The van der Waals surface area contributed by atoms with Crippen LogP contribution >= 0.6 is 11.6 Å². The van der Waals surface area contributed by atoms with Crippen LogP contribution in [-0.2, 0) is 6.54 Å². The SMILES string of the molecule is Clc1ccc2c(c1)O[C@@H](CNCc1ccccc1)CO2. The summed E-state index contributed by atoms with van der Waals surface area (Å²) in [6, 6.07) is 15.7. The molecule has 1 atom stereocenters. The van der Waals surface area contributed by atoms with Crippen molar-refractivity contribution in [3.05, 3.63) is 59.1 Å². The minimum atomic E-state index is 0.00433. The third-order valence-corrected chi connectivity index (χ3v) is 3.40. The van der Waals surface area contributed by atoms with Crippen LogP contribution in [-0.4, -0.2) is 19.3 Å². The molecule has 1 N–H and O–H groups in total. The van der Waals surface area contributed by atoms with Crippen LogP contribution in [0.2, 0.25) is 5.02 Å². The van der Waals surface area contributed by atoms with Gasteiger partial charge in [0.05, 0.1) is 0 Å². The molecule has 0 aliphatic carbocycles. The van der Waals surface area contributed by atoms with Gasteiger partial charge in [0.2, 0.25) is 0 Å². The van der Waals surface area contributed by atoms with Crippen molar-refractivity contribution in [3.8, 4) is 11.5 Å². The van der Waals surface area contributed by atoms with E-state index in [1.54, 1.807) is 12.1 Å². The predicted octanol–water partition coefficient (Wildman–Crippen LogP) is 3.27. The van der Waals surface area contributed by atoms with Gasteiger partial charge in [0.15, 0.2) is 11.5 Å². The second kappa shape index (κ2) is 6.16. The number of ether oxygens (including phenoxy) is 2. The van der Waals surface area contributed by atoms with Crippen molar-refractivity contribution in [2.24, 2.45) is 0 Å². The first-order chi connectivity index (χ1) is 9.81. The second-order valence-electron chi connectivity index (χ2n) is 4.76. The molecule has 0 radical (unpaired) electrons. The predicted molar refractivity (Wildman–Crippen MR) is 79.5 cm³/mol. The Labute approximate surface area is 123 Å². The van der Waals surface area contributed by atoms with Gasteiger partial charge in [-0.05, 0) is 17.7 Å². The van der Waals surface area contributed by atoms with E-state index in [2.05, 4.69) is 17.4 Å². The first-order valence-corrected chi connectivity index (χ1v) is 7.03. The molecule has 4 heteroatoms. The number of nitrogens with one attached hydrogen (secondary N) is 1. The maximum atomic E-state index is 5.96. The zero-order chi connectivity index (χ0) is 13.8. The van der Waals surface area contributed by atoms with E-state index in [1.807, 2.05) is 24.3 Å². The van der Waals surface area contributed by atoms with Crippen LogP contribution < -0.4 is 14.8 Å². The van der Waals surface area contributed by atoms with E-state index in [0.717, 1.165) is 24.6 Å². The van der Waals surface area contributed by atoms with Gasteiger partial charge < -0.3 is 14.8 Å². The zero-order valence-electron chi connectivity index (χ0n) is 11.0. The highest BCUT2D eigenvalue weighted by atomic mass is 35.5. The molecule has 0 unspecified atom stereocenters. The smallest absolute Gasteiger partial charge is 0.163 e. The van der Waals surface area contributed by atoms with Crippen LogP contribution in [0.5, 0.6) is 11.5 Å². The minimum absolute atomic E-state index is 0.00433. The standard InChI is InChI=1S/C16H16ClNO2/c17-13-6-7-15-16(8-13)20-14(11-19-15)10-18-9-12-4-2-1-3-5-12/h1-8,14,18H,9-11H2/t14-/m0/s1. The summed E-state index contributed by atoms with van der Waals surface area (Å²) < 4.78 is 11.5. The first-order valence-electron chi connectivity index (χ1n) is 6.65. The van der Waals surface area contributed by atoms with Crippen LogP contribution in [0.4, 0.5) is 0 Å². The van der Waals surface area contributed by atoms with Crippen molar-refractivity contribution in [1.29, 1.82) is 0 Å². The summed E-state index contributed by atoms with van der Waals surface area (Å²) in [6.45, 7) is 2.11. The van der Waals surface area contributed by atoms with Gasteiger partial charge in [0.1, 0.15) is 12.7 Å². The van der Waals surface area contributed by atoms with Crippen LogP contribution in [0.25, 0.3) is 0 Å². The van der Waals surface area contributed by atoms with Crippen molar-refractivity contribution in [3.63, 3.8) is 0 Å². The van der Waals surface area contributed by atoms with E-state index >= 15 is 0 Å². The number of rotatable bonds is 4. The molecule has 3 rings (SSSR count). The van der Waals surface area contributed by atoms with E-state index in [-0.39, 0.29) is 6.10 Å². The average molecular weight is 290 g/mol. The van der Waals surface area contributed by atoms with E-state index < -0.39 is 0 Å². The molecule has 0 saturated heterocycles. The van der Waals surface area contributed by atoms with Gasteiger partial charge in [0, 0.05) is 24.2 Å². The zero-order valence-corrected chi connectivity index (χ0v) is 11.8. The number of halogens is 1. The Hall–Kier alpha value is -1.71. The summed E-state index contributed by atoms with van der Waals surface area (Å²) in [6.07, 6.45) is 0.00433. The van der Waals surface area contributed by atoms with Crippen LogP contribution in [0, 0.1) is 0 Å². The van der Waals surface area contributed by atoms with Gasteiger partial charge in [-0.1, -0.05) is 41.9 Å². The highest BCUT2D eigenvalue weighted by molar-refractivity contribution is 6.30. The Morgan fingerprint density at radius 1 is 1.10 bits per heavy atom. The largest absolute Gasteiger partial charge is 0.486 e. The molecule has 0 amide bonds. The third-order valence-electron chi connectivity index (χ3n) is 3.17. The van der Waals surface area contributed by atoms with Crippen LogP contribution in [0.1, 0.15) is 5.56 Å². The quantitative estimate of drug-likeness (QED) is 0.937. The van der Waals surface area contributed by atoms with Crippen LogP contribution in [0.3, 0.4) is 0 Å². The monoisotopic (exact) mass is 289 g/mol. The Morgan fingerprint density at radius 3 is 2.80 bits per heavy atom. The molecule has 2 aromatic carbocycles. The molecule has 3 nitrogen and oxygen atoms in total. The van der Waals surface area contributed by atoms with Gasteiger partial charge in [-0.25, -0.2) is 0 Å². The lowest BCUT2D eigenvalue weighted by Crippen LogP contribution is -2.38. The normalized spacial score (nSPS) is 16.9. The molecular formula is C16H16ClNO2.